The summed E-state index contributed by atoms with van der Waals surface area (Å²) < 4.78 is 0. The van der Waals surface area contributed by atoms with Crippen molar-refractivity contribution in [1.82, 2.24) is 5.32 Å². The Morgan fingerprint density at radius 2 is 1.80 bits per heavy atom. The van der Waals surface area contributed by atoms with Gasteiger partial charge >= 0.3 is 0 Å². The molecule has 1 rings (SSSR count). The smallest absolute Gasteiger partial charge is 0.148 e. The first-order chi connectivity index (χ1) is 9.56. The summed E-state index contributed by atoms with van der Waals surface area (Å²) in [5.74, 6) is 1.21. The van der Waals surface area contributed by atoms with Gasteiger partial charge in [-0.1, -0.05) is 65.0 Å². The minimum absolute atomic E-state index is 0. The van der Waals surface area contributed by atoms with E-state index < -0.39 is 0 Å². The van der Waals surface area contributed by atoms with Gasteiger partial charge in [0.15, 0.2) is 0 Å². The number of thioether (sulfide) groups is 1. The summed E-state index contributed by atoms with van der Waals surface area (Å²) in [7, 11) is 0. The molecular formula is C17H31NOS. The van der Waals surface area contributed by atoms with E-state index in [0.29, 0.717) is 6.04 Å². The summed E-state index contributed by atoms with van der Waals surface area (Å²) in [4.78, 5) is 11.9. The maximum atomic E-state index is 11.9. The third-order valence-electron chi connectivity index (χ3n) is 2.73. The van der Waals surface area contributed by atoms with E-state index in [1.165, 1.54) is 5.56 Å². The van der Waals surface area contributed by atoms with E-state index in [0.717, 1.165) is 5.75 Å². The van der Waals surface area contributed by atoms with Gasteiger partial charge in [0.1, 0.15) is 5.78 Å². The summed E-state index contributed by atoms with van der Waals surface area (Å²) in [6.45, 7) is 12.0. The predicted octanol–water partition coefficient (Wildman–Crippen LogP) is 4.71. The zero-order chi connectivity index (χ0) is 15.5. The van der Waals surface area contributed by atoms with Crippen LogP contribution in [0.2, 0.25) is 0 Å². The van der Waals surface area contributed by atoms with Crippen LogP contribution >= 0.6 is 11.8 Å². The highest BCUT2D eigenvalue weighted by Gasteiger charge is 2.27. The van der Waals surface area contributed by atoms with Crippen LogP contribution in [-0.2, 0) is 4.79 Å². The van der Waals surface area contributed by atoms with Gasteiger partial charge in [0.05, 0.1) is 11.3 Å². The number of ketones is 1. The van der Waals surface area contributed by atoms with Crippen molar-refractivity contribution >= 4 is 17.5 Å². The maximum Gasteiger partial charge on any atom is 0.148 e. The molecule has 0 spiro atoms. The second-order valence-corrected chi connectivity index (χ2v) is 6.11. The fourth-order valence-corrected chi connectivity index (χ4v) is 3.16. The molecule has 3 heteroatoms. The molecule has 0 fully saturated rings. The molecule has 116 valence electrons. The Morgan fingerprint density at radius 1 is 1.25 bits per heavy atom. The number of benzene rings is 1. The molecule has 0 bridgehead atoms. The van der Waals surface area contributed by atoms with Crippen LogP contribution in [0.4, 0.5) is 0 Å². The van der Waals surface area contributed by atoms with Gasteiger partial charge in [0, 0.05) is 7.47 Å². The van der Waals surface area contributed by atoms with Crippen molar-refractivity contribution < 1.29 is 6.22 Å². The second kappa shape index (κ2) is 10.9. The fraction of sp³-hybridized carbons (Fsp3) is 0.588. The van der Waals surface area contributed by atoms with E-state index >= 15 is 0 Å². The largest absolute Gasteiger partial charge is 0.304 e. The van der Waals surface area contributed by atoms with Crippen molar-refractivity contribution in [3.8, 4) is 0 Å². The molecule has 1 aromatic carbocycles. The van der Waals surface area contributed by atoms with Gasteiger partial charge in [-0.25, -0.2) is 0 Å². The standard InChI is InChI=1S/C15H23NOS.C2H6.H2/c1-5-18-15(13-9-7-6-8-10-13)14(12(4)17)16-11(2)3;1-2;/h6-11,14-16H,5H2,1-4H3;1-2H3;1H. The number of nitrogens with one attached hydrogen (secondary N) is 1. The Balaban J connectivity index is 0. The van der Waals surface area contributed by atoms with Gasteiger partial charge in [0.2, 0.25) is 0 Å². The highest BCUT2D eigenvalue weighted by Crippen LogP contribution is 2.32. The van der Waals surface area contributed by atoms with Crippen LogP contribution in [0.25, 0.3) is 0 Å². The number of hydrogen-bond donors (Lipinski definition) is 1. The molecule has 2 nitrogen and oxygen atoms in total. The Hall–Kier alpha value is -0.800. The molecule has 0 heterocycles. The van der Waals surface area contributed by atoms with E-state index in [-0.39, 0.29) is 18.5 Å². The van der Waals surface area contributed by atoms with E-state index in [1.807, 2.05) is 43.8 Å². The summed E-state index contributed by atoms with van der Waals surface area (Å²) in [5, 5.41) is 3.58. The minimum Gasteiger partial charge on any atom is -0.304 e. The van der Waals surface area contributed by atoms with Crippen molar-refractivity contribution in [1.29, 1.82) is 0 Å². The van der Waals surface area contributed by atoms with E-state index in [9.17, 15) is 4.79 Å². The number of carbonyl (C=O) groups is 1. The van der Waals surface area contributed by atoms with Crippen LogP contribution in [0.15, 0.2) is 30.3 Å². The summed E-state index contributed by atoms with van der Waals surface area (Å²) in [5.41, 5.74) is 1.22. The molecule has 0 saturated carbocycles. The van der Waals surface area contributed by atoms with E-state index in [2.05, 4.69) is 38.2 Å². The SMILES string of the molecule is CC.CCSC(c1ccccc1)C(NC(C)C)C(C)=O.[HH]. The normalized spacial score (nSPS) is 13.3. The lowest BCUT2D eigenvalue weighted by Crippen LogP contribution is -2.43. The number of rotatable bonds is 7. The molecular weight excluding hydrogens is 266 g/mol. The van der Waals surface area contributed by atoms with Crippen LogP contribution in [0.3, 0.4) is 0 Å². The number of Topliss-reactive ketones (excluding diaryl/α,β-unsaturated/α-hetero) is 1. The molecule has 2 unspecified atom stereocenters. The average molecular weight is 298 g/mol. The monoisotopic (exact) mass is 297 g/mol. The van der Waals surface area contributed by atoms with Crippen LogP contribution in [-0.4, -0.2) is 23.6 Å². The summed E-state index contributed by atoms with van der Waals surface area (Å²) in [6.07, 6.45) is 0. The third-order valence-corrected chi connectivity index (χ3v) is 3.96. The van der Waals surface area contributed by atoms with Gasteiger partial charge in [-0.2, -0.15) is 11.8 Å². The molecule has 0 saturated heterocycles. The first kappa shape index (κ1) is 19.2. The van der Waals surface area contributed by atoms with Crippen LogP contribution < -0.4 is 5.32 Å². The van der Waals surface area contributed by atoms with Crippen molar-refractivity contribution in [2.24, 2.45) is 0 Å². The van der Waals surface area contributed by atoms with E-state index in [4.69, 9.17) is 0 Å². The molecule has 0 aliphatic heterocycles. The zero-order valence-corrected chi connectivity index (χ0v) is 14.5. The number of hydrogen-bond acceptors (Lipinski definition) is 3. The Kier molecular flexibility index (Phi) is 10.5. The lowest BCUT2D eigenvalue weighted by molar-refractivity contribution is -0.119. The van der Waals surface area contributed by atoms with Crippen LogP contribution in [0, 0.1) is 0 Å². The quantitative estimate of drug-likeness (QED) is 0.790. The fourth-order valence-electron chi connectivity index (χ4n) is 1.98. The summed E-state index contributed by atoms with van der Waals surface area (Å²) in [6, 6.07) is 10.5. The Morgan fingerprint density at radius 3 is 2.20 bits per heavy atom. The highest BCUT2D eigenvalue weighted by molar-refractivity contribution is 7.99. The van der Waals surface area contributed by atoms with Gasteiger partial charge in [-0.3, -0.25) is 4.79 Å². The van der Waals surface area contributed by atoms with Gasteiger partial charge in [0.25, 0.3) is 0 Å². The lowest BCUT2D eigenvalue weighted by atomic mass is 10.0. The molecule has 20 heavy (non-hydrogen) atoms. The third kappa shape index (κ3) is 6.58. The predicted molar refractivity (Wildman–Crippen MR) is 93.5 cm³/mol. The Labute approximate surface area is 130 Å². The lowest BCUT2D eigenvalue weighted by Gasteiger charge is -2.27. The molecule has 0 aliphatic rings. The highest BCUT2D eigenvalue weighted by atomic mass is 32.2. The van der Waals surface area contributed by atoms with Crippen molar-refractivity contribution in [2.45, 2.75) is 58.9 Å². The molecule has 0 aliphatic carbocycles. The maximum absolute atomic E-state index is 11.9. The molecule has 1 aromatic rings. The zero-order valence-electron chi connectivity index (χ0n) is 13.6. The topological polar surface area (TPSA) is 29.1 Å². The van der Waals surface area contributed by atoms with Crippen LogP contribution in [0.1, 0.15) is 53.8 Å². The van der Waals surface area contributed by atoms with Crippen molar-refractivity contribution in [3.05, 3.63) is 35.9 Å². The molecule has 2 atom stereocenters. The van der Waals surface area contributed by atoms with Gasteiger partial charge < -0.3 is 5.32 Å². The van der Waals surface area contributed by atoms with Gasteiger partial charge in [-0.05, 0) is 18.2 Å². The number of carbonyl (C=O) groups excluding carboxylic acids is 1. The van der Waals surface area contributed by atoms with E-state index in [1.54, 1.807) is 6.92 Å². The molecule has 0 amide bonds. The molecule has 0 radical (unpaired) electrons. The first-order valence-electron chi connectivity index (χ1n) is 7.49. The first-order valence-corrected chi connectivity index (χ1v) is 8.54. The minimum atomic E-state index is -0.114. The average Bonchev–Trinajstić information content (AvgIpc) is 2.45. The van der Waals surface area contributed by atoms with Gasteiger partial charge in [-0.15, -0.1) is 0 Å². The Bertz CT molecular complexity index is 370. The summed E-state index contributed by atoms with van der Waals surface area (Å²) >= 11 is 1.82. The van der Waals surface area contributed by atoms with Crippen molar-refractivity contribution in [3.63, 3.8) is 0 Å². The molecule has 1 N–H and O–H groups in total. The van der Waals surface area contributed by atoms with Crippen molar-refractivity contribution in [2.75, 3.05) is 5.75 Å². The second-order valence-electron chi connectivity index (χ2n) is 4.70. The van der Waals surface area contributed by atoms with Crippen LogP contribution in [0.5, 0.6) is 0 Å². The molecule has 0 aromatic heterocycles.